The van der Waals surface area contributed by atoms with Gasteiger partial charge in [0.05, 0.1) is 18.4 Å². The predicted octanol–water partition coefficient (Wildman–Crippen LogP) is 7.60. The van der Waals surface area contributed by atoms with E-state index in [2.05, 4.69) is 25.8 Å². The molecular formula is C28H43B2F2N2O5PS. The van der Waals surface area contributed by atoms with Crippen LogP contribution in [-0.2, 0) is 31.2 Å². The summed E-state index contributed by atoms with van der Waals surface area (Å²) in [7, 11) is 9.36. The van der Waals surface area contributed by atoms with Gasteiger partial charge in [0.15, 0.2) is 4.77 Å². The van der Waals surface area contributed by atoms with E-state index in [-0.39, 0.29) is 46.8 Å². The molecule has 13 heteroatoms. The van der Waals surface area contributed by atoms with Gasteiger partial charge in [-0.15, -0.1) is 0 Å². The summed E-state index contributed by atoms with van der Waals surface area (Å²) in [6.07, 6.45) is 2.00. The number of nitrogens with one attached hydrogen (secondary N) is 1. The van der Waals surface area contributed by atoms with Crippen LogP contribution >= 0.6 is 20.8 Å². The second-order valence-corrected chi connectivity index (χ2v) is 12.4. The molecule has 0 bridgehead atoms. The van der Waals surface area contributed by atoms with Gasteiger partial charge in [-0.05, 0) is 47.5 Å². The molecule has 226 valence electrons. The summed E-state index contributed by atoms with van der Waals surface area (Å²) in [5.41, 5.74) is 0.809. The third kappa shape index (κ3) is 9.99. The van der Waals surface area contributed by atoms with E-state index in [1.54, 1.807) is 0 Å². The van der Waals surface area contributed by atoms with E-state index in [0.29, 0.717) is 29.7 Å². The van der Waals surface area contributed by atoms with Crippen LogP contribution in [0.4, 0.5) is 8.78 Å². The lowest BCUT2D eigenvalue weighted by molar-refractivity contribution is 0.0346. The Morgan fingerprint density at radius 2 is 1.68 bits per heavy atom. The molecule has 0 spiro atoms. The van der Waals surface area contributed by atoms with Crippen LogP contribution in [-0.4, -0.2) is 37.8 Å². The Morgan fingerprint density at radius 3 is 2.17 bits per heavy atom. The maximum Gasteiger partial charge on any atom is 0.396 e. The van der Waals surface area contributed by atoms with Crippen molar-refractivity contribution in [3.8, 4) is 5.75 Å². The molecule has 1 saturated heterocycles. The first-order valence-corrected chi connectivity index (χ1v) is 15.4. The smallest absolute Gasteiger partial charge is 0.396 e. The lowest BCUT2D eigenvalue weighted by Crippen LogP contribution is -2.23. The number of benzene rings is 1. The highest BCUT2D eigenvalue weighted by Crippen LogP contribution is 2.52. The van der Waals surface area contributed by atoms with E-state index in [9.17, 15) is 13.6 Å². The van der Waals surface area contributed by atoms with Crippen molar-refractivity contribution in [3.05, 3.63) is 55.7 Å². The number of aromatic nitrogens is 2. The van der Waals surface area contributed by atoms with Gasteiger partial charge in [0, 0.05) is 18.1 Å². The second-order valence-electron chi connectivity index (χ2n) is 10.8. The zero-order valence-corrected chi connectivity index (χ0v) is 27.6. The number of hydrogen-bond acceptors (Lipinski definition) is 6. The molecule has 4 radical (unpaired) electrons. The fourth-order valence-electron chi connectivity index (χ4n) is 3.90. The zero-order valence-electron chi connectivity index (χ0n) is 25.9. The van der Waals surface area contributed by atoms with E-state index >= 15 is 0 Å². The van der Waals surface area contributed by atoms with Crippen molar-refractivity contribution < 1.29 is 27.1 Å². The Labute approximate surface area is 252 Å². The average Bonchev–Trinajstić information content (AvgIpc) is 3.33. The van der Waals surface area contributed by atoms with Gasteiger partial charge in [-0.3, -0.25) is 18.9 Å². The molecule has 7 nitrogen and oxygen atoms in total. The predicted molar refractivity (Wildman–Crippen MR) is 165 cm³/mol. The quantitative estimate of drug-likeness (QED) is 0.219. The van der Waals surface area contributed by atoms with Crippen molar-refractivity contribution in [3.63, 3.8) is 0 Å². The molecule has 2 aliphatic rings. The van der Waals surface area contributed by atoms with Crippen LogP contribution in [0.15, 0.2) is 17.1 Å². The highest BCUT2D eigenvalue weighted by atomic mass is 32.1. The minimum atomic E-state index is -1.56. The van der Waals surface area contributed by atoms with Gasteiger partial charge in [0.2, 0.25) is 5.82 Å². The molecule has 1 fully saturated rings. The lowest BCUT2D eigenvalue weighted by Gasteiger charge is -2.33. The zero-order chi connectivity index (χ0) is 31.7. The third-order valence-corrected chi connectivity index (χ3v) is 7.19. The molecule has 1 N–H and O–H groups in total. The molecule has 3 heterocycles. The standard InChI is InChI=1S/C16H23BFO3P.C8H8BFN2O2S.2C2H6/c1-15(2,3)11-7-12(16(4,5)6)14-10(13(11)18)8-19-22(21-14)20-9-17;9-5-1-2-6(14-5)12-3-4(10)7(13)11-8(12)15;2*1-2/h7H,8-9H2,1-6H3;3,5-6H,1-2H2,(H,11,13,15);2*1-2H3/t;5-,6?;;/m.0../s1. The molecule has 1 aromatic heterocycles. The molecule has 41 heavy (non-hydrogen) atoms. The van der Waals surface area contributed by atoms with Crippen molar-refractivity contribution in [1.82, 2.24) is 9.55 Å². The van der Waals surface area contributed by atoms with E-state index in [4.69, 9.17) is 46.2 Å². The molecule has 3 atom stereocenters. The summed E-state index contributed by atoms with van der Waals surface area (Å²) in [4.78, 5) is 13.1. The van der Waals surface area contributed by atoms with Gasteiger partial charge < -0.3 is 13.8 Å². The normalized spacial score (nSPS) is 19.8. The Kier molecular flexibility index (Phi) is 14.9. The van der Waals surface area contributed by atoms with Gasteiger partial charge >= 0.3 is 8.60 Å². The maximum absolute atomic E-state index is 14.9. The summed E-state index contributed by atoms with van der Waals surface area (Å²) < 4.78 is 51.2. The van der Waals surface area contributed by atoms with E-state index in [1.807, 2.05) is 54.5 Å². The summed E-state index contributed by atoms with van der Waals surface area (Å²) in [5.74, 6) is -0.589. The number of ether oxygens (including phenoxy) is 1. The minimum Gasteiger partial charge on any atom is -0.426 e. The number of fused-ring (bicyclic) bond motifs is 1. The Hall–Kier alpha value is -1.58. The van der Waals surface area contributed by atoms with Gasteiger partial charge in [-0.1, -0.05) is 69.2 Å². The van der Waals surface area contributed by atoms with Gasteiger partial charge in [-0.2, -0.15) is 4.39 Å². The van der Waals surface area contributed by atoms with Crippen molar-refractivity contribution in [2.45, 2.75) is 112 Å². The number of H-pyrrole nitrogens is 1. The Morgan fingerprint density at radius 1 is 1.10 bits per heavy atom. The van der Waals surface area contributed by atoms with Crippen molar-refractivity contribution in [2.24, 2.45) is 0 Å². The fourth-order valence-corrected chi connectivity index (χ4v) is 5.06. The number of rotatable bonds is 3. The molecule has 1 aromatic carbocycles. The third-order valence-electron chi connectivity index (χ3n) is 5.85. The topological polar surface area (TPSA) is 74.7 Å². The second kappa shape index (κ2) is 16.3. The molecule has 2 aromatic rings. The lowest BCUT2D eigenvalue weighted by atomic mass is 9.78. The molecule has 2 unspecified atom stereocenters. The minimum absolute atomic E-state index is 0.00838. The van der Waals surface area contributed by atoms with Crippen molar-refractivity contribution in [1.29, 1.82) is 0 Å². The van der Waals surface area contributed by atoms with Gasteiger partial charge in [0.1, 0.15) is 33.5 Å². The first-order valence-electron chi connectivity index (χ1n) is 13.9. The summed E-state index contributed by atoms with van der Waals surface area (Å²) >= 11 is 4.89. The van der Waals surface area contributed by atoms with Crippen LogP contribution in [0, 0.1) is 16.4 Å². The molecular weight excluding hydrogens is 567 g/mol. The summed E-state index contributed by atoms with van der Waals surface area (Å²) in [5, 5.41) is 0. The summed E-state index contributed by atoms with van der Waals surface area (Å²) in [6.45, 7) is 20.4. The number of nitrogens with zero attached hydrogens (tertiary/aromatic N) is 1. The Bertz CT molecular complexity index is 1250. The molecule has 4 rings (SSSR count). The maximum atomic E-state index is 14.9. The number of halogens is 2. The van der Waals surface area contributed by atoms with Crippen molar-refractivity contribution >= 4 is 36.5 Å². The molecule has 2 aliphatic heterocycles. The highest BCUT2D eigenvalue weighted by Gasteiger charge is 2.35. The first-order chi connectivity index (χ1) is 19.1. The van der Waals surface area contributed by atoms with Gasteiger partial charge in [0.25, 0.3) is 5.56 Å². The first kappa shape index (κ1) is 37.4. The monoisotopic (exact) mass is 610 g/mol. The van der Waals surface area contributed by atoms with Crippen LogP contribution in [0.1, 0.15) is 105 Å². The van der Waals surface area contributed by atoms with Crippen LogP contribution in [0.5, 0.6) is 5.75 Å². The largest absolute Gasteiger partial charge is 0.426 e. The van der Waals surface area contributed by atoms with Crippen LogP contribution in [0.3, 0.4) is 0 Å². The Balaban J connectivity index is 0.000000385. The molecule has 0 amide bonds. The fraction of sp³-hybridized carbons (Fsp3) is 0.643. The summed E-state index contributed by atoms with van der Waals surface area (Å²) in [6, 6.07) is 1.56. The highest BCUT2D eigenvalue weighted by molar-refractivity contribution is 7.71. The van der Waals surface area contributed by atoms with E-state index < -0.39 is 20.0 Å². The molecule has 0 aliphatic carbocycles. The van der Waals surface area contributed by atoms with E-state index in [1.165, 1.54) is 4.57 Å². The van der Waals surface area contributed by atoms with Gasteiger partial charge in [-0.25, -0.2) is 4.39 Å². The average molecular weight is 610 g/mol. The number of hydrogen-bond donors (Lipinski definition) is 1. The van der Waals surface area contributed by atoms with Crippen LogP contribution in [0.25, 0.3) is 0 Å². The van der Waals surface area contributed by atoms with E-state index in [0.717, 1.165) is 11.8 Å². The van der Waals surface area contributed by atoms with Crippen LogP contribution < -0.4 is 10.1 Å². The number of aromatic amines is 1. The van der Waals surface area contributed by atoms with Crippen LogP contribution in [0.2, 0.25) is 0 Å². The SMILES string of the molecule is CC.CC.[B]COP1OCc2c(F)c(C(C)(C)C)cc(C(C)(C)C)c2O1.[B][C@@H]1CCC(n2cc(F)c(=O)[nH]c2=S)O1. The van der Waals surface area contributed by atoms with Crippen molar-refractivity contribution in [2.75, 3.05) is 6.51 Å². The molecule has 0 saturated carbocycles.